The Bertz CT molecular complexity index is 44.9. The smallest absolute Gasteiger partial charge is 0.181 e. The van der Waals surface area contributed by atoms with Crippen LogP contribution in [0.3, 0.4) is 0 Å². The van der Waals surface area contributed by atoms with Crippen LogP contribution in [0.4, 0.5) is 4.20 Å². The van der Waals surface area contributed by atoms with Crippen molar-refractivity contribution in [3.8, 4) is 0 Å². The van der Waals surface area contributed by atoms with E-state index in [1.807, 2.05) is 0 Å². The molecule has 0 rings (SSSR count). The van der Waals surface area contributed by atoms with E-state index in [4.69, 9.17) is 0 Å². The second-order valence-corrected chi connectivity index (χ2v) is 1.54. The highest BCUT2D eigenvalue weighted by molar-refractivity contribution is 7.52. The second kappa shape index (κ2) is 2.28. The average Bonchev–Trinajstić information content (AvgIpc) is 1.38. The lowest BCUT2D eigenvalue weighted by Crippen LogP contribution is -1.66. The van der Waals surface area contributed by atoms with E-state index in [0.29, 0.717) is 0 Å². The molecular weight excluding hydrogens is 90.0 g/mol. The van der Waals surface area contributed by atoms with Gasteiger partial charge < -0.3 is 0 Å². The molecule has 0 N–H and O–H groups in total. The minimum absolute atomic E-state index is 0.384. The zero-order valence-electron chi connectivity index (χ0n) is 2.79. The summed E-state index contributed by atoms with van der Waals surface area (Å²) < 4.78 is 10.8. The molecule has 1 atom stereocenters. The van der Waals surface area contributed by atoms with E-state index >= 15 is 0 Å². The molecule has 0 aliphatic rings. The van der Waals surface area contributed by atoms with E-state index in [1.54, 1.807) is 0 Å². The Morgan fingerprint density at radius 2 is 2.20 bits per heavy atom. The molecule has 0 fully saturated rings. The van der Waals surface area contributed by atoms with Crippen molar-refractivity contribution in [1.29, 1.82) is 0 Å². The zero-order valence-corrected chi connectivity index (χ0v) is 3.79. The summed E-state index contributed by atoms with van der Waals surface area (Å²) >= 11 is 0. The summed E-state index contributed by atoms with van der Waals surface area (Å²) in [7, 11) is -1.02. The maximum Gasteiger partial charge on any atom is 0.181 e. The Balaban J connectivity index is 2.85. The van der Waals surface area contributed by atoms with Gasteiger partial charge >= 0.3 is 0 Å². The lowest BCUT2D eigenvalue weighted by molar-refractivity contribution is -0.109. The van der Waals surface area contributed by atoms with Gasteiger partial charge in [0.25, 0.3) is 0 Å². The summed E-state index contributed by atoms with van der Waals surface area (Å²) in [6, 6.07) is 0. The minimum atomic E-state index is -1.02. The molecule has 0 amide bonds. The first-order valence-corrected chi connectivity index (χ1v) is 2.02. The third-order valence-electron chi connectivity index (χ3n) is 0.133. The number of carbonyl (C=O) groups excluding carboxylic acids is 1. The van der Waals surface area contributed by atoms with Gasteiger partial charge in [0, 0.05) is 6.92 Å². The molecule has 5 heavy (non-hydrogen) atoms. The highest BCUT2D eigenvalue weighted by Gasteiger charge is 1.81. The molecule has 3 heteroatoms. The molecule has 0 bridgehead atoms. The molecule has 0 saturated heterocycles. The second-order valence-electron chi connectivity index (χ2n) is 0.651. The largest absolute Gasteiger partial charge is 0.292 e. The lowest BCUT2D eigenvalue weighted by atomic mass is 10.9. The van der Waals surface area contributed by atoms with Gasteiger partial charge in [-0.2, -0.15) is 0 Å². The maximum atomic E-state index is 10.8. The van der Waals surface area contributed by atoms with Gasteiger partial charge in [0.1, 0.15) is 8.89 Å². The van der Waals surface area contributed by atoms with Gasteiger partial charge in [0.2, 0.25) is 0 Å². The van der Waals surface area contributed by atoms with Crippen LogP contribution < -0.4 is 0 Å². The molecule has 0 aromatic heterocycles. The Kier molecular flexibility index (Phi) is 2.29. The van der Waals surface area contributed by atoms with Crippen LogP contribution in [0.15, 0.2) is 0 Å². The van der Waals surface area contributed by atoms with Crippen molar-refractivity contribution >= 4 is 14.4 Å². The Morgan fingerprint density at radius 1 is 2.00 bits per heavy atom. The van der Waals surface area contributed by atoms with E-state index < -0.39 is 8.89 Å². The fourth-order valence-corrected chi connectivity index (χ4v) is 0. The molecule has 1 nitrogen and oxygen atoms in total. The quantitative estimate of drug-likeness (QED) is 0.444. The van der Waals surface area contributed by atoms with Crippen molar-refractivity contribution in [2.24, 2.45) is 0 Å². The van der Waals surface area contributed by atoms with Crippen LogP contribution in [-0.2, 0) is 4.79 Å². The van der Waals surface area contributed by atoms with E-state index in [9.17, 15) is 8.99 Å². The molecule has 0 aliphatic heterocycles. The Labute approximate surface area is 31.5 Å². The van der Waals surface area contributed by atoms with Crippen molar-refractivity contribution in [3.05, 3.63) is 0 Å². The summed E-state index contributed by atoms with van der Waals surface area (Å²) in [4.78, 5) is 9.45. The zero-order chi connectivity index (χ0) is 4.28. The molecular formula is C2H4FOP. The fourth-order valence-electron chi connectivity index (χ4n) is 0. The predicted molar refractivity (Wildman–Crippen MR) is 20.1 cm³/mol. The summed E-state index contributed by atoms with van der Waals surface area (Å²) in [5, 5.41) is 0. The SMILES string of the molecule is CC(=O)PF. The number of rotatable bonds is 1. The molecule has 1 unspecified atom stereocenters. The minimum Gasteiger partial charge on any atom is -0.292 e. The van der Waals surface area contributed by atoms with E-state index in [-0.39, 0.29) is 5.52 Å². The number of halogens is 1. The maximum absolute atomic E-state index is 10.8. The number of hydrogen-bond acceptors (Lipinski definition) is 1. The summed E-state index contributed by atoms with van der Waals surface area (Å²) in [6.07, 6.45) is 0. The molecule has 0 heterocycles. The fraction of sp³-hybridized carbons (Fsp3) is 0.500. The average molecular weight is 94.0 g/mol. The van der Waals surface area contributed by atoms with Crippen molar-refractivity contribution in [2.45, 2.75) is 6.92 Å². The summed E-state index contributed by atoms with van der Waals surface area (Å²) in [5.74, 6) is 0. The molecule has 0 aromatic rings. The van der Waals surface area contributed by atoms with Crippen molar-refractivity contribution < 1.29 is 8.99 Å². The first kappa shape index (κ1) is 5.03. The van der Waals surface area contributed by atoms with Gasteiger partial charge in [0.05, 0.1) is 0 Å². The van der Waals surface area contributed by atoms with Crippen LogP contribution in [0.2, 0.25) is 0 Å². The predicted octanol–water partition coefficient (Wildman–Crippen LogP) is 1.10. The van der Waals surface area contributed by atoms with Gasteiger partial charge in [-0.1, -0.05) is 0 Å². The Hall–Kier alpha value is 0.0300. The standard InChI is InChI=1S/C2H4FOP/c1-2(4)5-3/h5H,1H3. The van der Waals surface area contributed by atoms with Crippen molar-refractivity contribution in [1.82, 2.24) is 0 Å². The topological polar surface area (TPSA) is 17.1 Å². The van der Waals surface area contributed by atoms with E-state index in [2.05, 4.69) is 0 Å². The monoisotopic (exact) mass is 94.0 g/mol. The van der Waals surface area contributed by atoms with Crippen LogP contribution in [0, 0.1) is 0 Å². The van der Waals surface area contributed by atoms with Crippen LogP contribution in [-0.4, -0.2) is 5.52 Å². The Morgan fingerprint density at radius 3 is 2.20 bits per heavy atom. The first-order chi connectivity index (χ1) is 2.27. The van der Waals surface area contributed by atoms with Crippen LogP contribution in [0.1, 0.15) is 6.92 Å². The van der Waals surface area contributed by atoms with Crippen LogP contribution in [0.25, 0.3) is 0 Å². The van der Waals surface area contributed by atoms with Crippen molar-refractivity contribution in [3.63, 3.8) is 0 Å². The third-order valence-corrected chi connectivity index (χ3v) is 0.399. The number of carbonyl (C=O) groups is 1. The molecule has 0 saturated carbocycles. The normalized spacial score (nSPS) is 10.0. The van der Waals surface area contributed by atoms with Gasteiger partial charge in [-0.25, -0.2) is 4.20 Å². The lowest BCUT2D eigenvalue weighted by Gasteiger charge is -1.67. The molecule has 30 valence electrons. The molecule has 0 radical (unpaired) electrons. The molecule has 0 aliphatic carbocycles. The van der Waals surface area contributed by atoms with Gasteiger partial charge in [-0.15, -0.1) is 0 Å². The summed E-state index contributed by atoms with van der Waals surface area (Å²) in [5.41, 5.74) is -0.384. The highest BCUT2D eigenvalue weighted by atomic mass is 31.1. The molecule has 0 aromatic carbocycles. The van der Waals surface area contributed by atoms with E-state index in [1.165, 1.54) is 6.92 Å². The van der Waals surface area contributed by atoms with E-state index in [0.717, 1.165) is 0 Å². The van der Waals surface area contributed by atoms with Crippen molar-refractivity contribution in [2.75, 3.05) is 0 Å². The van der Waals surface area contributed by atoms with Gasteiger partial charge in [-0.3, -0.25) is 4.79 Å². The summed E-state index contributed by atoms with van der Waals surface area (Å²) in [6.45, 7) is 1.22. The molecule has 0 spiro atoms. The van der Waals surface area contributed by atoms with Gasteiger partial charge in [0.15, 0.2) is 5.52 Å². The van der Waals surface area contributed by atoms with Crippen LogP contribution in [0.5, 0.6) is 0 Å². The first-order valence-electron chi connectivity index (χ1n) is 1.14. The number of hydrogen-bond donors (Lipinski definition) is 0. The highest BCUT2D eigenvalue weighted by Crippen LogP contribution is 2.08. The van der Waals surface area contributed by atoms with Crippen LogP contribution >= 0.6 is 8.89 Å². The van der Waals surface area contributed by atoms with Gasteiger partial charge in [-0.05, 0) is 0 Å². The third kappa shape index (κ3) is 4.03.